The van der Waals surface area contributed by atoms with E-state index in [4.69, 9.17) is 0 Å². The van der Waals surface area contributed by atoms with Crippen LogP contribution in [0, 0.1) is 0 Å². The van der Waals surface area contributed by atoms with Crippen molar-refractivity contribution in [3.8, 4) is 0 Å². The summed E-state index contributed by atoms with van der Waals surface area (Å²) in [6.07, 6.45) is 1.90. The van der Waals surface area contributed by atoms with E-state index in [1.807, 2.05) is 0 Å². The first-order chi connectivity index (χ1) is 13.3. The number of rotatable bonds is 9. The van der Waals surface area contributed by atoms with Gasteiger partial charge in [0.2, 0.25) is 10.0 Å². The third-order valence-electron chi connectivity index (χ3n) is 4.28. The normalized spacial score (nSPS) is 14.6. The Hall–Kier alpha value is -2.23. The number of carbonyl (C=O) groups excluding carboxylic acids is 1. The number of hydrogen-bond donors (Lipinski definition) is 2. The van der Waals surface area contributed by atoms with Crippen molar-refractivity contribution in [1.29, 1.82) is 0 Å². The summed E-state index contributed by atoms with van der Waals surface area (Å²) in [4.78, 5) is 12.6. The predicted octanol–water partition coefficient (Wildman–Crippen LogP) is 1.72. The molecule has 0 radical (unpaired) electrons. The fraction of sp³-hybridized carbons (Fsp3) is 0.316. The molecule has 1 aliphatic rings. The fourth-order valence-corrected chi connectivity index (χ4v) is 5.29. The second-order valence-electron chi connectivity index (χ2n) is 6.66. The van der Waals surface area contributed by atoms with E-state index in [1.54, 1.807) is 18.2 Å². The zero-order valence-corrected chi connectivity index (χ0v) is 16.8. The molecule has 0 aliphatic heterocycles. The monoisotopic (exact) mass is 422 g/mol. The number of carbonyl (C=O) groups is 1. The number of sulfonamides is 1. The minimum atomic E-state index is -3.64. The van der Waals surface area contributed by atoms with Crippen molar-refractivity contribution in [1.82, 2.24) is 10.0 Å². The van der Waals surface area contributed by atoms with Crippen molar-refractivity contribution < 1.29 is 21.6 Å². The molecule has 0 bridgehead atoms. The first-order valence-corrected chi connectivity index (χ1v) is 12.1. The van der Waals surface area contributed by atoms with Gasteiger partial charge in [0.05, 0.1) is 15.5 Å². The quantitative estimate of drug-likeness (QED) is 0.598. The highest BCUT2D eigenvalue weighted by molar-refractivity contribution is 7.91. The average molecular weight is 423 g/mol. The van der Waals surface area contributed by atoms with Crippen LogP contribution >= 0.6 is 0 Å². The Morgan fingerprint density at radius 1 is 0.929 bits per heavy atom. The van der Waals surface area contributed by atoms with Gasteiger partial charge in [-0.15, -0.1) is 0 Å². The zero-order chi connectivity index (χ0) is 20.2. The lowest BCUT2D eigenvalue weighted by atomic mass is 10.2. The molecular weight excluding hydrogens is 400 g/mol. The summed E-state index contributed by atoms with van der Waals surface area (Å²) in [5.41, 5.74) is 0.213. The molecule has 1 saturated carbocycles. The van der Waals surface area contributed by atoms with Crippen molar-refractivity contribution >= 4 is 25.8 Å². The highest BCUT2D eigenvalue weighted by atomic mass is 32.2. The van der Waals surface area contributed by atoms with Crippen molar-refractivity contribution in [2.75, 3.05) is 12.3 Å². The lowest BCUT2D eigenvalue weighted by Gasteiger charge is -2.09. The van der Waals surface area contributed by atoms with E-state index >= 15 is 0 Å². The van der Waals surface area contributed by atoms with Gasteiger partial charge in [-0.2, -0.15) is 0 Å². The van der Waals surface area contributed by atoms with E-state index in [0.717, 1.165) is 12.8 Å². The minimum Gasteiger partial charge on any atom is -0.352 e. The standard InChI is InChI=1S/C19H22N2O5S2/c22-19(20-12-5-13-27(23,24)17-7-2-1-3-8-17)15-6-4-9-18(14-15)28(25,26)21-16-10-11-16/h1-4,6-9,14,16,21H,5,10-13H2,(H,20,22). The molecule has 0 saturated heterocycles. The molecule has 28 heavy (non-hydrogen) atoms. The maximum atomic E-state index is 12.3. The van der Waals surface area contributed by atoms with Crippen LogP contribution in [0.2, 0.25) is 0 Å². The van der Waals surface area contributed by atoms with Gasteiger partial charge in [0.25, 0.3) is 5.91 Å². The molecule has 1 fully saturated rings. The second-order valence-corrected chi connectivity index (χ2v) is 10.5. The van der Waals surface area contributed by atoms with E-state index in [1.165, 1.54) is 36.4 Å². The SMILES string of the molecule is O=C(NCCCS(=O)(=O)c1ccccc1)c1cccc(S(=O)(=O)NC2CC2)c1. The zero-order valence-electron chi connectivity index (χ0n) is 15.2. The number of benzene rings is 2. The molecule has 150 valence electrons. The Kier molecular flexibility index (Phi) is 6.17. The van der Waals surface area contributed by atoms with Crippen LogP contribution in [-0.4, -0.2) is 41.1 Å². The van der Waals surface area contributed by atoms with Crippen LogP contribution in [0.5, 0.6) is 0 Å². The average Bonchev–Trinajstić information content (AvgIpc) is 3.49. The van der Waals surface area contributed by atoms with Crippen molar-refractivity contribution in [3.05, 3.63) is 60.2 Å². The van der Waals surface area contributed by atoms with Crippen molar-refractivity contribution in [2.45, 2.75) is 35.1 Å². The summed E-state index contributed by atoms with van der Waals surface area (Å²) >= 11 is 0. The minimum absolute atomic E-state index is 0.0194. The van der Waals surface area contributed by atoms with Crippen LogP contribution < -0.4 is 10.0 Å². The fourth-order valence-electron chi connectivity index (χ4n) is 2.60. The highest BCUT2D eigenvalue weighted by Gasteiger charge is 2.28. The smallest absolute Gasteiger partial charge is 0.251 e. The molecule has 7 nitrogen and oxygen atoms in total. The second kappa shape index (κ2) is 8.42. The third-order valence-corrected chi connectivity index (χ3v) is 7.62. The molecule has 3 rings (SSSR count). The summed E-state index contributed by atoms with van der Waals surface area (Å²) in [5, 5.41) is 2.64. The Morgan fingerprint density at radius 3 is 2.29 bits per heavy atom. The van der Waals surface area contributed by atoms with Crippen molar-refractivity contribution in [3.63, 3.8) is 0 Å². The van der Waals surface area contributed by atoms with Gasteiger partial charge in [-0.05, 0) is 49.6 Å². The molecule has 2 aromatic rings. The molecule has 2 N–H and O–H groups in total. The van der Waals surface area contributed by atoms with Crippen LogP contribution in [0.1, 0.15) is 29.6 Å². The Labute approximate surface area is 165 Å². The van der Waals surface area contributed by atoms with E-state index in [-0.39, 0.29) is 40.1 Å². The maximum absolute atomic E-state index is 12.3. The maximum Gasteiger partial charge on any atom is 0.251 e. The number of nitrogens with one attached hydrogen (secondary N) is 2. The van der Waals surface area contributed by atoms with Gasteiger partial charge in [0, 0.05) is 18.2 Å². The predicted molar refractivity (Wildman–Crippen MR) is 105 cm³/mol. The molecule has 9 heteroatoms. The van der Waals surface area contributed by atoms with Crippen LogP contribution in [0.25, 0.3) is 0 Å². The molecule has 0 heterocycles. The molecule has 1 amide bonds. The van der Waals surface area contributed by atoms with Crippen LogP contribution in [0.3, 0.4) is 0 Å². The molecule has 1 aliphatic carbocycles. The summed E-state index contributed by atoms with van der Waals surface area (Å²) in [5.74, 6) is -0.530. The van der Waals surface area contributed by atoms with Gasteiger partial charge < -0.3 is 5.32 Å². The topological polar surface area (TPSA) is 109 Å². The molecular formula is C19H22N2O5S2. The van der Waals surface area contributed by atoms with Gasteiger partial charge in [0.1, 0.15) is 0 Å². The first-order valence-electron chi connectivity index (χ1n) is 8.96. The molecule has 0 aromatic heterocycles. The van der Waals surface area contributed by atoms with Crippen LogP contribution in [0.4, 0.5) is 0 Å². The largest absolute Gasteiger partial charge is 0.352 e. The molecule has 2 aromatic carbocycles. The van der Waals surface area contributed by atoms with E-state index in [0.29, 0.717) is 0 Å². The lowest BCUT2D eigenvalue weighted by molar-refractivity contribution is 0.0953. The Morgan fingerprint density at radius 2 is 1.61 bits per heavy atom. The van der Waals surface area contributed by atoms with Gasteiger partial charge in [-0.25, -0.2) is 21.6 Å². The summed E-state index contributed by atoms with van der Waals surface area (Å²) in [6.45, 7) is 0.169. The number of hydrogen-bond acceptors (Lipinski definition) is 5. The van der Waals surface area contributed by atoms with E-state index < -0.39 is 25.8 Å². The van der Waals surface area contributed by atoms with Gasteiger partial charge in [-0.3, -0.25) is 4.79 Å². The molecule has 0 spiro atoms. The Balaban J connectivity index is 1.54. The number of sulfone groups is 1. The van der Waals surface area contributed by atoms with Crippen LogP contribution in [0.15, 0.2) is 64.4 Å². The molecule has 0 atom stereocenters. The van der Waals surface area contributed by atoms with E-state index in [9.17, 15) is 21.6 Å². The first kappa shape index (κ1) is 20.5. The van der Waals surface area contributed by atoms with E-state index in [2.05, 4.69) is 10.0 Å². The molecule has 0 unspecified atom stereocenters. The number of amides is 1. The van der Waals surface area contributed by atoms with Gasteiger partial charge in [0.15, 0.2) is 9.84 Å². The van der Waals surface area contributed by atoms with Crippen molar-refractivity contribution in [2.24, 2.45) is 0 Å². The lowest BCUT2D eigenvalue weighted by Crippen LogP contribution is -2.28. The Bertz CT molecular complexity index is 1050. The highest BCUT2D eigenvalue weighted by Crippen LogP contribution is 2.22. The summed E-state index contributed by atoms with van der Waals surface area (Å²) in [7, 11) is -7.03. The van der Waals surface area contributed by atoms with Gasteiger partial charge in [-0.1, -0.05) is 24.3 Å². The van der Waals surface area contributed by atoms with Crippen LogP contribution in [-0.2, 0) is 19.9 Å². The van der Waals surface area contributed by atoms with Gasteiger partial charge >= 0.3 is 0 Å². The summed E-state index contributed by atoms with van der Waals surface area (Å²) in [6, 6.07) is 13.9. The third kappa shape index (κ3) is 5.40. The summed E-state index contributed by atoms with van der Waals surface area (Å²) < 4.78 is 51.5.